The van der Waals surface area contributed by atoms with Crippen LogP contribution in [0.25, 0.3) is 0 Å². The van der Waals surface area contributed by atoms with Crippen LogP contribution < -0.4 is 5.32 Å². The van der Waals surface area contributed by atoms with Crippen molar-refractivity contribution in [3.8, 4) is 0 Å². The van der Waals surface area contributed by atoms with Crippen molar-refractivity contribution >= 4 is 11.8 Å². The first-order valence-electron chi connectivity index (χ1n) is 16.1. The van der Waals surface area contributed by atoms with Crippen molar-refractivity contribution in [1.82, 2.24) is 29.8 Å². The van der Waals surface area contributed by atoms with E-state index in [0.717, 1.165) is 110 Å². The summed E-state index contributed by atoms with van der Waals surface area (Å²) in [5.41, 5.74) is -1.53. The van der Waals surface area contributed by atoms with Gasteiger partial charge in [0.05, 0.1) is 19.8 Å². The Kier molecular flexibility index (Phi) is 8.56. The third kappa shape index (κ3) is 4.29. The second-order valence-electron chi connectivity index (χ2n) is 12.3. The first-order chi connectivity index (χ1) is 19.8. The number of hydrogen-bond donors (Lipinski definition) is 1. The quantitative estimate of drug-likeness (QED) is 0.495. The Morgan fingerprint density at radius 3 is 1.93 bits per heavy atom. The molecule has 226 valence electrons. The van der Waals surface area contributed by atoms with Crippen molar-refractivity contribution in [3.05, 3.63) is 12.5 Å². The van der Waals surface area contributed by atoms with Gasteiger partial charge in [-0.05, 0) is 25.7 Å². The van der Waals surface area contributed by atoms with E-state index in [0.29, 0.717) is 6.61 Å². The molecule has 0 radical (unpaired) electrons. The fraction of sp³-hybridized carbons (Fsp3) is 0.931. The van der Waals surface area contributed by atoms with Gasteiger partial charge < -0.3 is 24.3 Å². The number of rotatable bonds is 6. The molecule has 0 saturated carbocycles. The third-order valence-electron chi connectivity index (χ3n) is 10.6. The van der Waals surface area contributed by atoms with Crippen molar-refractivity contribution in [2.75, 3.05) is 110 Å². The Balaban J connectivity index is 1.51. The second-order valence-corrected chi connectivity index (χ2v) is 13.6. The monoisotopic (exact) mass is 578 g/mol. The van der Waals surface area contributed by atoms with Crippen molar-refractivity contribution in [3.63, 3.8) is 0 Å². The SMILES string of the molecule is C1=COC(C2(N3CCSCC3)OCCC(N3CCCCC3)(N3CCNCC3)C2(N2CCCC2)N2CCOCC2)O1. The van der Waals surface area contributed by atoms with Gasteiger partial charge in [0.1, 0.15) is 18.2 Å². The Labute approximate surface area is 244 Å². The van der Waals surface area contributed by atoms with E-state index in [1.165, 1.54) is 32.1 Å². The average molecular weight is 579 g/mol. The van der Waals surface area contributed by atoms with Gasteiger partial charge >= 0.3 is 0 Å². The minimum atomic E-state index is -0.792. The molecule has 10 nitrogen and oxygen atoms in total. The van der Waals surface area contributed by atoms with Crippen LogP contribution in [-0.4, -0.2) is 158 Å². The predicted molar refractivity (Wildman–Crippen MR) is 156 cm³/mol. The fourth-order valence-corrected chi connectivity index (χ4v) is 10.2. The molecule has 0 aliphatic carbocycles. The molecule has 0 aromatic carbocycles. The van der Waals surface area contributed by atoms with Crippen LogP contribution in [0.2, 0.25) is 0 Å². The molecule has 6 saturated heterocycles. The van der Waals surface area contributed by atoms with E-state index in [-0.39, 0.29) is 5.66 Å². The highest BCUT2D eigenvalue weighted by molar-refractivity contribution is 7.99. The number of nitrogens with zero attached hydrogens (tertiary/aromatic N) is 5. The first kappa shape index (κ1) is 28.2. The van der Waals surface area contributed by atoms with E-state index in [4.69, 9.17) is 18.9 Å². The highest BCUT2D eigenvalue weighted by Gasteiger charge is 2.80. The van der Waals surface area contributed by atoms with E-state index in [9.17, 15) is 0 Å². The lowest BCUT2D eigenvalue weighted by molar-refractivity contribution is -0.417. The van der Waals surface area contributed by atoms with Crippen molar-refractivity contribution in [2.24, 2.45) is 0 Å². The number of nitrogens with one attached hydrogen (secondary N) is 1. The number of piperazine rings is 1. The zero-order valence-corrected chi connectivity index (χ0v) is 25.1. The highest BCUT2D eigenvalue weighted by atomic mass is 32.2. The van der Waals surface area contributed by atoms with Crippen molar-refractivity contribution in [2.45, 2.75) is 61.9 Å². The number of piperidine rings is 1. The summed E-state index contributed by atoms with van der Waals surface area (Å²) in [4.78, 5) is 14.1. The maximum atomic E-state index is 7.44. The van der Waals surface area contributed by atoms with Gasteiger partial charge in [0.25, 0.3) is 6.29 Å². The molecule has 7 aliphatic heterocycles. The third-order valence-corrected chi connectivity index (χ3v) is 11.6. The molecular weight excluding hydrogens is 528 g/mol. The summed E-state index contributed by atoms with van der Waals surface area (Å²) in [6.07, 6.45) is 10.3. The maximum Gasteiger partial charge on any atom is 0.285 e. The van der Waals surface area contributed by atoms with Gasteiger partial charge in [-0.2, -0.15) is 11.8 Å². The molecule has 6 fully saturated rings. The second kappa shape index (κ2) is 12.2. The van der Waals surface area contributed by atoms with Crippen molar-refractivity contribution in [1.29, 1.82) is 0 Å². The van der Waals surface area contributed by atoms with E-state index in [2.05, 4.69) is 41.6 Å². The van der Waals surface area contributed by atoms with Crippen LogP contribution in [0.3, 0.4) is 0 Å². The van der Waals surface area contributed by atoms with E-state index in [1.807, 2.05) is 0 Å². The molecule has 0 amide bonds. The van der Waals surface area contributed by atoms with Crippen molar-refractivity contribution < 1.29 is 18.9 Å². The number of thioether (sulfide) groups is 1. The van der Waals surface area contributed by atoms with Gasteiger partial charge in [0.15, 0.2) is 5.66 Å². The Morgan fingerprint density at radius 2 is 1.23 bits per heavy atom. The molecule has 11 heteroatoms. The van der Waals surface area contributed by atoms with Crippen LogP contribution in [0.1, 0.15) is 38.5 Å². The number of ether oxygens (including phenoxy) is 4. The summed E-state index contributed by atoms with van der Waals surface area (Å²) in [5, 5.41) is 3.68. The molecule has 7 aliphatic rings. The Morgan fingerprint density at radius 1 is 0.625 bits per heavy atom. The number of morpholine rings is 1. The summed E-state index contributed by atoms with van der Waals surface area (Å²) in [6, 6.07) is 0. The minimum Gasteiger partial charge on any atom is -0.455 e. The lowest BCUT2D eigenvalue weighted by Crippen LogP contribution is -2.96. The number of hydrogen-bond acceptors (Lipinski definition) is 11. The lowest BCUT2D eigenvalue weighted by Gasteiger charge is -2.75. The first-order valence-corrected chi connectivity index (χ1v) is 17.2. The molecule has 3 atom stereocenters. The van der Waals surface area contributed by atoms with Crippen LogP contribution in [0.4, 0.5) is 0 Å². The van der Waals surface area contributed by atoms with Crippen LogP contribution in [-0.2, 0) is 18.9 Å². The summed E-state index contributed by atoms with van der Waals surface area (Å²) >= 11 is 2.06. The van der Waals surface area contributed by atoms with Crippen LogP contribution in [0.5, 0.6) is 0 Å². The highest BCUT2D eigenvalue weighted by Crippen LogP contribution is 2.58. The topological polar surface area (TPSA) is 65.2 Å². The Hall–Kier alpha value is -0.630. The summed E-state index contributed by atoms with van der Waals surface area (Å²) in [5.74, 6) is 2.21. The summed E-state index contributed by atoms with van der Waals surface area (Å²) < 4.78 is 26.5. The zero-order valence-electron chi connectivity index (χ0n) is 24.3. The molecular formula is C29H50N6O4S. The minimum absolute atomic E-state index is 0.241. The smallest absolute Gasteiger partial charge is 0.285 e. The molecule has 3 unspecified atom stereocenters. The van der Waals surface area contributed by atoms with Gasteiger partial charge in [-0.3, -0.25) is 24.5 Å². The van der Waals surface area contributed by atoms with Gasteiger partial charge in [0.2, 0.25) is 5.72 Å². The molecule has 0 spiro atoms. The molecule has 7 heterocycles. The standard InChI is InChI=1S/C29H50N6O4S/c1-2-9-31(10-3-1)27(32-13-7-30-8-14-32)6-19-39-28(26-37-22-23-38-26,33-17-24-40-25-18-33)29(27,34-11-4-5-12-34)35-15-20-36-21-16-35/h22-23,26,30H,1-21,24-25H2. The van der Waals surface area contributed by atoms with Crippen LogP contribution >= 0.6 is 11.8 Å². The van der Waals surface area contributed by atoms with E-state index in [1.54, 1.807) is 12.5 Å². The molecule has 1 N–H and O–H groups in total. The molecule has 40 heavy (non-hydrogen) atoms. The van der Waals surface area contributed by atoms with Gasteiger partial charge in [-0.1, -0.05) is 6.42 Å². The Bertz CT molecular complexity index is 845. The van der Waals surface area contributed by atoms with E-state index >= 15 is 0 Å². The normalized spacial score (nSPS) is 40.3. The van der Waals surface area contributed by atoms with Gasteiger partial charge in [-0.25, -0.2) is 0 Å². The largest absolute Gasteiger partial charge is 0.455 e. The van der Waals surface area contributed by atoms with Gasteiger partial charge in [0, 0.05) is 96.5 Å². The number of likely N-dealkylation sites (tertiary alicyclic amines) is 2. The maximum absolute atomic E-state index is 7.44. The van der Waals surface area contributed by atoms with E-state index < -0.39 is 17.7 Å². The zero-order chi connectivity index (χ0) is 26.9. The summed E-state index contributed by atoms with van der Waals surface area (Å²) in [6.45, 7) is 14.5. The molecule has 7 rings (SSSR count). The molecule has 0 aromatic heterocycles. The van der Waals surface area contributed by atoms with Crippen LogP contribution in [0.15, 0.2) is 12.5 Å². The summed E-state index contributed by atoms with van der Waals surface area (Å²) in [7, 11) is 0. The van der Waals surface area contributed by atoms with Gasteiger partial charge in [-0.15, -0.1) is 0 Å². The fourth-order valence-electron chi connectivity index (χ4n) is 9.27. The lowest BCUT2D eigenvalue weighted by atomic mass is 9.70. The predicted octanol–water partition coefficient (Wildman–Crippen LogP) is 1.21. The molecule has 0 bridgehead atoms. The average Bonchev–Trinajstić information content (AvgIpc) is 3.78. The van der Waals surface area contributed by atoms with Crippen LogP contribution in [0, 0.1) is 0 Å². The molecule has 0 aromatic rings.